The van der Waals surface area contributed by atoms with Crippen LogP contribution < -0.4 is 5.32 Å². The molecule has 2 rings (SSSR count). The van der Waals surface area contributed by atoms with Gasteiger partial charge in [0.2, 0.25) is 0 Å². The van der Waals surface area contributed by atoms with Gasteiger partial charge in [-0.2, -0.15) is 0 Å². The van der Waals surface area contributed by atoms with Crippen molar-refractivity contribution >= 4 is 5.78 Å². The Hall–Kier alpha value is -0.410. The highest BCUT2D eigenvalue weighted by molar-refractivity contribution is 5.78. The van der Waals surface area contributed by atoms with Crippen molar-refractivity contribution in [2.75, 3.05) is 19.7 Å². The first-order valence-corrected chi connectivity index (χ1v) is 7.68. The van der Waals surface area contributed by atoms with Crippen LogP contribution in [0.3, 0.4) is 0 Å². The van der Waals surface area contributed by atoms with Crippen LogP contribution in [0.15, 0.2) is 0 Å². The van der Waals surface area contributed by atoms with Crippen LogP contribution >= 0.6 is 0 Å². The Morgan fingerprint density at radius 3 is 2.83 bits per heavy atom. The second kappa shape index (κ2) is 7.90. The summed E-state index contributed by atoms with van der Waals surface area (Å²) in [5, 5.41) is 3.41. The summed E-state index contributed by atoms with van der Waals surface area (Å²) in [5.41, 5.74) is 0. The number of piperidine rings is 1. The summed E-state index contributed by atoms with van der Waals surface area (Å²) in [4.78, 5) is 11.8. The molecule has 18 heavy (non-hydrogen) atoms. The number of nitrogens with one attached hydrogen (secondary N) is 1. The Labute approximate surface area is 111 Å². The zero-order valence-corrected chi connectivity index (χ0v) is 11.5. The average molecular weight is 253 g/mol. The van der Waals surface area contributed by atoms with Gasteiger partial charge in [-0.1, -0.05) is 0 Å². The number of ether oxygens (including phenoxy) is 1. The van der Waals surface area contributed by atoms with E-state index >= 15 is 0 Å². The van der Waals surface area contributed by atoms with E-state index in [0.717, 1.165) is 57.7 Å². The number of ketones is 1. The lowest BCUT2D eigenvalue weighted by molar-refractivity contribution is -0.119. The number of hydrogen-bond acceptors (Lipinski definition) is 3. The summed E-state index contributed by atoms with van der Waals surface area (Å²) in [6.07, 6.45) is 10.2. The molecule has 0 radical (unpaired) electrons. The fourth-order valence-corrected chi connectivity index (χ4v) is 3.06. The Kier molecular flexibility index (Phi) is 6.15. The second-order valence-electron chi connectivity index (χ2n) is 5.82. The van der Waals surface area contributed by atoms with Gasteiger partial charge in [0.25, 0.3) is 0 Å². The van der Waals surface area contributed by atoms with Crippen molar-refractivity contribution in [2.24, 2.45) is 5.92 Å². The van der Waals surface area contributed by atoms with E-state index in [1.165, 1.54) is 25.7 Å². The summed E-state index contributed by atoms with van der Waals surface area (Å²) in [7, 11) is 0. The minimum atomic E-state index is 0.445. The van der Waals surface area contributed by atoms with E-state index in [0.29, 0.717) is 11.9 Å². The molecule has 1 N–H and O–H groups in total. The van der Waals surface area contributed by atoms with Crippen molar-refractivity contribution in [1.29, 1.82) is 0 Å². The fourth-order valence-electron chi connectivity index (χ4n) is 3.06. The van der Waals surface area contributed by atoms with Crippen molar-refractivity contribution in [2.45, 2.75) is 63.9 Å². The molecule has 2 unspecified atom stereocenters. The van der Waals surface area contributed by atoms with E-state index in [2.05, 4.69) is 5.32 Å². The Morgan fingerprint density at radius 2 is 2.11 bits per heavy atom. The van der Waals surface area contributed by atoms with Gasteiger partial charge in [0, 0.05) is 19.4 Å². The third kappa shape index (κ3) is 5.07. The molecule has 0 spiro atoms. The van der Waals surface area contributed by atoms with Crippen LogP contribution in [-0.4, -0.2) is 31.6 Å². The van der Waals surface area contributed by atoms with Crippen LogP contribution in [0.1, 0.15) is 57.8 Å². The van der Waals surface area contributed by atoms with Crippen LogP contribution in [0, 0.1) is 5.92 Å². The molecule has 0 bridgehead atoms. The molecule has 3 heteroatoms. The van der Waals surface area contributed by atoms with Crippen molar-refractivity contribution in [3.8, 4) is 0 Å². The molecule has 2 atom stereocenters. The quantitative estimate of drug-likeness (QED) is 0.758. The average Bonchev–Trinajstić information content (AvgIpc) is 2.91. The van der Waals surface area contributed by atoms with E-state index in [9.17, 15) is 4.79 Å². The van der Waals surface area contributed by atoms with E-state index in [1.807, 2.05) is 0 Å². The molecule has 2 aliphatic rings. The Balaban J connectivity index is 1.49. The first-order chi connectivity index (χ1) is 8.84. The zero-order valence-electron chi connectivity index (χ0n) is 11.5. The lowest BCUT2D eigenvalue weighted by Crippen LogP contribution is -2.30. The standard InChI is InChI=1S/C15H27NO2/c17-14(5-1-6-15-7-3-11-18-15)9-8-13-4-2-10-16-12-13/h13,15-16H,1-12H2. The van der Waals surface area contributed by atoms with Crippen LogP contribution in [-0.2, 0) is 9.53 Å². The molecule has 2 saturated heterocycles. The molecule has 0 aliphatic carbocycles. The molecule has 2 heterocycles. The normalized spacial score (nSPS) is 28.4. The van der Waals surface area contributed by atoms with Gasteiger partial charge in [0.1, 0.15) is 5.78 Å². The highest BCUT2D eigenvalue weighted by Gasteiger charge is 2.17. The molecule has 3 nitrogen and oxygen atoms in total. The zero-order chi connectivity index (χ0) is 12.6. The van der Waals surface area contributed by atoms with Gasteiger partial charge in [-0.05, 0) is 64.0 Å². The van der Waals surface area contributed by atoms with Crippen LogP contribution in [0.2, 0.25) is 0 Å². The fraction of sp³-hybridized carbons (Fsp3) is 0.933. The Morgan fingerprint density at radius 1 is 1.17 bits per heavy atom. The lowest BCUT2D eigenvalue weighted by atomic mass is 9.93. The monoisotopic (exact) mass is 253 g/mol. The van der Waals surface area contributed by atoms with Crippen molar-refractivity contribution in [3.63, 3.8) is 0 Å². The van der Waals surface area contributed by atoms with Crippen molar-refractivity contribution < 1.29 is 9.53 Å². The topological polar surface area (TPSA) is 38.3 Å². The van der Waals surface area contributed by atoms with E-state index in [4.69, 9.17) is 4.74 Å². The van der Waals surface area contributed by atoms with Crippen LogP contribution in [0.25, 0.3) is 0 Å². The van der Waals surface area contributed by atoms with E-state index in [-0.39, 0.29) is 0 Å². The number of Topliss-reactive ketones (excluding diaryl/α,β-unsaturated/α-hetero) is 1. The largest absolute Gasteiger partial charge is 0.378 e. The number of rotatable bonds is 7. The van der Waals surface area contributed by atoms with Crippen molar-refractivity contribution in [3.05, 3.63) is 0 Å². The van der Waals surface area contributed by atoms with Gasteiger partial charge in [0.05, 0.1) is 6.10 Å². The van der Waals surface area contributed by atoms with Gasteiger partial charge >= 0.3 is 0 Å². The summed E-state index contributed by atoms with van der Waals surface area (Å²) < 4.78 is 5.57. The molecule has 2 aliphatic heterocycles. The minimum absolute atomic E-state index is 0.445. The van der Waals surface area contributed by atoms with Gasteiger partial charge < -0.3 is 10.1 Å². The Bertz CT molecular complexity index is 243. The molecule has 0 amide bonds. The van der Waals surface area contributed by atoms with E-state index in [1.54, 1.807) is 0 Å². The van der Waals surface area contributed by atoms with Crippen LogP contribution in [0.5, 0.6) is 0 Å². The first-order valence-electron chi connectivity index (χ1n) is 7.68. The van der Waals surface area contributed by atoms with Crippen molar-refractivity contribution in [1.82, 2.24) is 5.32 Å². The second-order valence-corrected chi connectivity index (χ2v) is 5.82. The molecular formula is C15H27NO2. The third-order valence-electron chi connectivity index (χ3n) is 4.24. The molecule has 0 aromatic rings. The maximum atomic E-state index is 11.8. The highest BCUT2D eigenvalue weighted by Crippen LogP contribution is 2.19. The SMILES string of the molecule is O=C(CCCC1CCCO1)CCC1CCCNC1. The summed E-state index contributed by atoms with van der Waals surface area (Å²) in [6.45, 7) is 3.20. The molecule has 2 fully saturated rings. The molecule has 0 aromatic carbocycles. The third-order valence-corrected chi connectivity index (χ3v) is 4.24. The van der Waals surface area contributed by atoms with Gasteiger partial charge in [-0.15, -0.1) is 0 Å². The van der Waals surface area contributed by atoms with Gasteiger partial charge in [-0.25, -0.2) is 0 Å². The molecule has 104 valence electrons. The summed E-state index contributed by atoms with van der Waals surface area (Å²) >= 11 is 0. The number of hydrogen-bond donors (Lipinski definition) is 1. The summed E-state index contributed by atoms with van der Waals surface area (Å²) in [5.74, 6) is 1.19. The van der Waals surface area contributed by atoms with E-state index < -0.39 is 0 Å². The lowest BCUT2D eigenvalue weighted by Gasteiger charge is -2.22. The molecular weight excluding hydrogens is 226 g/mol. The maximum Gasteiger partial charge on any atom is 0.132 e. The smallest absolute Gasteiger partial charge is 0.132 e. The number of carbonyl (C=O) groups is 1. The molecule has 0 aromatic heterocycles. The van der Waals surface area contributed by atoms with Gasteiger partial charge in [0.15, 0.2) is 0 Å². The molecule has 0 saturated carbocycles. The highest BCUT2D eigenvalue weighted by atomic mass is 16.5. The maximum absolute atomic E-state index is 11.8. The van der Waals surface area contributed by atoms with Crippen LogP contribution in [0.4, 0.5) is 0 Å². The summed E-state index contributed by atoms with van der Waals surface area (Å²) in [6, 6.07) is 0. The number of carbonyl (C=O) groups excluding carboxylic acids is 1. The predicted octanol–water partition coefficient (Wildman–Crippen LogP) is 2.68. The van der Waals surface area contributed by atoms with Gasteiger partial charge in [-0.3, -0.25) is 4.79 Å². The minimum Gasteiger partial charge on any atom is -0.378 e. The predicted molar refractivity (Wildman–Crippen MR) is 72.7 cm³/mol. The first kappa shape index (κ1) is 14.0.